The number of esters is 2. The van der Waals surface area contributed by atoms with Crippen molar-refractivity contribution in [2.24, 2.45) is 21.6 Å². The Labute approximate surface area is 360 Å². The zero-order chi connectivity index (χ0) is 42.3. The van der Waals surface area contributed by atoms with E-state index in [9.17, 15) is 9.59 Å². The molecule has 0 amide bonds. The average molecular weight is 832 g/mol. The van der Waals surface area contributed by atoms with Gasteiger partial charge in [0, 0.05) is 48.3 Å². The number of hydrogen-bond acceptors (Lipinski definition) is 13. The van der Waals surface area contributed by atoms with Crippen LogP contribution >= 0.6 is 0 Å². The van der Waals surface area contributed by atoms with Gasteiger partial charge in [-0.15, -0.1) is 0 Å². The molecule has 6 heterocycles. The van der Waals surface area contributed by atoms with Crippen molar-refractivity contribution in [3.05, 3.63) is 28.7 Å². The number of carbonyl (C=O) groups is 2. The maximum atomic E-state index is 13.5. The van der Waals surface area contributed by atoms with Crippen molar-refractivity contribution in [2.75, 3.05) is 31.6 Å². The molecule has 0 saturated carbocycles. The Hall–Kier alpha value is -3.90. The van der Waals surface area contributed by atoms with Gasteiger partial charge in [0.25, 0.3) is 0 Å². The van der Waals surface area contributed by atoms with Gasteiger partial charge in [-0.3, -0.25) is 4.79 Å². The largest absolute Gasteiger partial charge is 0.465 e. The molecule has 3 saturated heterocycles. The molecule has 1 aromatic rings. The maximum absolute atomic E-state index is 13.5. The van der Waals surface area contributed by atoms with Crippen LogP contribution < -0.4 is 16.4 Å². The Morgan fingerprint density at radius 3 is 2.27 bits per heavy atom. The molecular formula is C47H77N9O4. The molecular weight excluding hydrogens is 755 g/mol. The summed E-state index contributed by atoms with van der Waals surface area (Å²) in [7, 11) is 0. The Morgan fingerprint density at radius 2 is 1.52 bits per heavy atom. The van der Waals surface area contributed by atoms with E-state index in [0.29, 0.717) is 49.3 Å². The summed E-state index contributed by atoms with van der Waals surface area (Å²) < 4.78 is 11.7. The van der Waals surface area contributed by atoms with Crippen LogP contribution in [0.3, 0.4) is 0 Å². The summed E-state index contributed by atoms with van der Waals surface area (Å²) >= 11 is 0. The Morgan fingerprint density at radius 1 is 0.850 bits per heavy atom. The van der Waals surface area contributed by atoms with Crippen LogP contribution in [-0.2, 0) is 19.1 Å². The smallest absolute Gasteiger partial charge is 0.337 e. The lowest BCUT2D eigenvalue weighted by Crippen LogP contribution is -2.65. The number of unbranched alkanes of at least 4 members (excludes halogenated alkanes) is 13. The third kappa shape index (κ3) is 12.6. The summed E-state index contributed by atoms with van der Waals surface area (Å²) in [6, 6.07) is 2.84. The van der Waals surface area contributed by atoms with Gasteiger partial charge < -0.3 is 35.6 Å². The Balaban J connectivity index is 0.832. The zero-order valence-corrected chi connectivity index (χ0v) is 37.5. The SMILES string of the molecule is CCCCCCCCC[C@@H]1C[C@@H]2CC[C@@H]3[C@H](C(=O)OCCCCCCCCCC4N=C(N)N5CCCC5=C4C(=O)OCCCCNc4nc(C)cc(C)n4)[C@H](C)NC(=N1)N23. The van der Waals surface area contributed by atoms with Gasteiger partial charge in [0.15, 0.2) is 11.9 Å². The number of aromatic nitrogens is 2. The lowest BCUT2D eigenvalue weighted by atomic mass is 9.89. The minimum absolute atomic E-state index is 0.0303. The van der Waals surface area contributed by atoms with Gasteiger partial charge in [-0.25, -0.2) is 24.7 Å². The lowest BCUT2D eigenvalue weighted by Gasteiger charge is -2.47. The second-order valence-corrected chi connectivity index (χ2v) is 18.2. The van der Waals surface area contributed by atoms with Crippen molar-refractivity contribution in [3.8, 4) is 0 Å². The van der Waals surface area contributed by atoms with E-state index in [1.165, 1.54) is 51.4 Å². The van der Waals surface area contributed by atoms with Gasteiger partial charge in [-0.2, -0.15) is 0 Å². The number of rotatable bonds is 26. The van der Waals surface area contributed by atoms with Crippen LogP contribution in [0.4, 0.5) is 5.95 Å². The maximum Gasteiger partial charge on any atom is 0.337 e. The second kappa shape index (κ2) is 23.4. The number of anilines is 1. The number of guanidine groups is 2. The number of nitrogens with one attached hydrogen (secondary N) is 2. The van der Waals surface area contributed by atoms with Gasteiger partial charge in [-0.05, 0) is 91.0 Å². The van der Waals surface area contributed by atoms with Crippen LogP contribution in [0, 0.1) is 19.8 Å². The molecule has 5 aliphatic heterocycles. The first-order valence-corrected chi connectivity index (χ1v) is 24.1. The van der Waals surface area contributed by atoms with Crippen molar-refractivity contribution < 1.29 is 19.1 Å². The minimum atomic E-state index is -0.251. The molecule has 1 unspecified atom stereocenters. The van der Waals surface area contributed by atoms with Gasteiger partial charge in [0.2, 0.25) is 5.95 Å². The highest BCUT2D eigenvalue weighted by atomic mass is 16.5. The molecule has 0 bridgehead atoms. The highest BCUT2D eigenvalue weighted by molar-refractivity contribution is 5.95. The molecule has 6 rings (SSSR count). The van der Waals surface area contributed by atoms with Crippen molar-refractivity contribution in [1.29, 1.82) is 0 Å². The van der Waals surface area contributed by atoms with Crippen LogP contribution in [0.5, 0.6) is 0 Å². The first kappa shape index (κ1) is 45.6. The van der Waals surface area contributed by atoms with Gasteiger partial charge in [0.1, 0.15) is 0 Å². The zero-order valence-electron chi connectivity index (χ0n) is 37.5. The normalized spacial score (nSPS) is 24.4. The molecule has 5 aliphatic rings. The number of fused-ring (bicyclic) bond motifs is 1. The number of aliphatic imine (C=N–C) groups is 2. The molecule has 6 atom stereocenters. The number of nitrogens with zero attached hydrogens (tertiary/aromatic N) is 6. The molecule has 334 valence electrons. The topological polar surface area (TPSA) is 160 Å². The van der Waals surface area contributed by atoms with Crippen molar-refractivity contribution in [1.82, 2.24) is 25.1 Å². The number of aryl methyl sites for hydroxylation is 2. The third-order valence-electron chi connectivity index (χ3n) is 13.3. The van der Waals surface area contributed by atoms with Crippen molar-refractivity contribution >= 4 is 29.8 Å². The third-order valence-corrected chi connectivity index (χ3v) is 13.3. The summed E-state index contributed by atoms with van der Waals surface area (Å²) in [5.41, 5.74) is 9.96. The number of ether oxygens (including phenoxy) is 2. The van der Waals surface area contributed by atoms with Crippen LogP contribution in [-0.4, -0.2) is 100 Å². The second-order valence-electron chi connectivity index (χ2n) is 18.2. The van der Waals surface area contributed by atoms with E-state index in [1.54, 1.807) is 0 Å². The van der Waals surface area contributed by atoms with E-state index >= 15 is 0 Å². The fourth-order valence-electron chi connectivity index (χ4n) is 10.3. The minimum Gasteiger partial charge on any atom is -0.465 e. The Kier molecular flexibility index (Phi) is 17.8. The predicted octanol–water partition coefficient (Wildman–Crippen LogP) is 8.25. The molecule has 60 heavy (non-hydrogen) atoms. The van der Waals surface area contributed by atoms with Crippen LogP contribution in [0.1, 0.15) is 173 Å². The summed E-state index contributed by atoms with van der Waals surface area (Å²) in [6.45, 7) is 10.7. The van der Waals surface area contributed by atoms with E-state index in [0.717, 1.165) is 126 Å². The molecule has 0 aromatic carbocycles. The van der Waals surface area contributed by atoms with E-state index in [1.807, 2.05) is 24.8 Å². The van der Waals surface area contributed by atoms with E-state index in [-0.39, 0.29) is 36.0 Å². The van der Waals surface area contributed by atoms with E-state index in [4.69, 9.17) is 25.2 Å². The number of hydrogen-bond donors (Lipinski definition) is 3. The summed E-state index contributed by atoms with van der Waals surface area (Å²) in [5.74, 6) is 1.75. The van der Waals surface area contributed by atoms with Crippen LogP contribution in [0.25, 0.3) is 0 Å². The lowest BCUT2D eigenvalue weighted by molar-refractivity contribution is -0.152. The number of carbonyl (C=O) groups excluding carboxylic acids is 2. The Bertz CT molecular complexity index is 1630. The van der Waals surface area contributed by atoms with Crippen molar-refractivity contribution in [3.63, 3.8) is 0 Å². The molecule has 4 N–H and O–H groups in total. The van der Waals surface area contributed by atoms with Crippen molar-refractivity contribution in [2.45, 2.75) is 206 Å². The molecule has 1 aromatic heterocycles. The fraction of sp³-hybridized carbons (Fsp3) is 0.787. The van der Waals surface area contributed by atoms with E-state index < -0.39 is 0 Å². The predicted molar refractivity (Wildman–Crippen MR) is 240 cm³/mol. The van der Waals surface area contributed by atoms with Crippen LogP contribution in [0.2, 0.25) is 0 Å². The van der Waals surface area contributed by atoms with Gasteiger partial charge in [-0.1, -0.05) is 90.4 Å². The molecule has 13 heteroatoms. The monoisotopic (exact) mass is 832 g/mol. The van der Waals surface area contributed by atoms with Gasteiger partial charge >= 0.3 is 11.9 Å². The average Bonchev–Trinajstić information content (AvgIpc) is 3.88. The summed E-state index contributed by atoms with van der Waals surface area (Å²) in [6.07, 6.45) is 25.4. The quantitative estimate of drug-likeness (QED) is 0.0610. The molecule has 0 radical (unpaired) electrons. The first-order chi connectivity index (χ1) is 29.2. The number of allylic oxidation sites excluding steroid dienone is 1. The van der Waals surface area contributed by atoms with Crippen LogP contribution in [0.15, 0.2) is 27.3 Å². The van der Waals surface area contributed by atoms with Gasteiger partial charge in [0.05, 0.1) is 36.8 Å². The summed E-state index contributed by atoms with van der Waals surface area (Å²) in [5, 5.41) is 6.90. The molecule has 3 fully saturated rings. The number of nitrogens with two attached hydrogens (primary N) is 1. The fourth-order valence-corrected chi connectivity index (χ4v) is 10.3. The van der Waals surface area contributed by atoms with E-state index in [2.05, 4.69) is 39.3 Å². The molecule has 0 aliphatic carbocycles. The molecule has 13 nitrogen and oxygen atoms in total. The first-order valence-electron chi connectivity index (χ1n) is 24.1. The highest BCUT2D eigenvalue weighted by Gasteiger charge is 2.51. The highest BCUT2D eigenvalue weighted by Crippen LogP contribution is 2.40. The standard InChI is InChI=1S/C47H77N9O4/c1-5-6-7-8-10-13-16-22-36-32-37-25-26-40-41(35(4)52-47(53-36)56(37)40)43(57)59-29-19-15-12-9-11-14-17-23-38-42(39-24-21-28-55(39)45(48)54-38)44(58)60-30-20-18-27-49-46-50-33(2)31-34(3)51-46/h31,35-38,40-41H,5-30,32H2,1-4H3,(H2,48,54)(H,52,53)(H,49,50,51)/t35-,36+,37-,38?,40+,41+/m0/s1. The molecule has 0 spiro atoms. The summed E-state index contributed by atoms with van der Waals surface area (Å²) in [4.78, 5) is 50.2.